The van der Waals surface area contributed by atoms with Gasteiger partial charge >= 0.3 is 0 Å². The van der Waals surface area contributed by atoms with Gasteiger partial charge in [-0.25, -0.2) is 0 Å². The van der Waals surface area contributed by atoms with Crippen molar-refractivity contribution < 1.29 is 9.59 Å². The van der Waals surface area contributed by atoms with Crippen molar-refractivity contribution in [1.29, 1.82) is 0 Å². The van der Waals surface area contributed by atoms with Gasteiger partial charge in [-0.15, -0.1) is 5.10 Å². The number of rotatable bonds is 6. The molecule has 7 heteroatoms. The Morgan fingerprint density at radius 3 is 2.69 bits per heavy atom. The van der Waals surface area contributed by atoms with Crippen molar-refractivity contribution in [2.45, 2.75) is 58.2 Å². The van der Waals surface area contributed by atoms with E-state index in [4.69, 9.17) is 0 Å². The standard InChI is InChI=1S/C22H29N5O2/c1-16-7-9-19(10-8-16)23-22(29)20-15-27(25-24-20)14-18-11-21(28)26(13-18)12-17-5-3-2-4-6-17/h2-6,15-16,18-19H,7-14H2,1H3,(H,23,29). The summed E-state index contributed by atoms with van der Waals surface area (Å²) in [6, 6.07) is 10.3. The van der Waals surface area contributed by atoms with Crippen molar-refractivity contribution in [2.24, 2.45) is 11.8 Å². The fourth-order valence-corrected chi connectivity index (χ4v) is 4.35. The van der Waals surface area contributed by atoms with E-state index >= 15 is 0 Å². The van der Waals surface area contributed by atoms with Crippen LogP contribution in [0.1, 0.15) is 55.1 Å². The highest BCUT2D eigenvalue weighted by Crippen LogP contribution is 2.24. The number of nitrogens with one attached hydrogen (secondary N) is 1. The van der Waals surface area contributed by atoms with Gasteiger partial charge in [-0.3, -0.25) is 14.3 Å². The molecule has 2 heterocycles. The van der Waals surface area contributed by atoms with E-state index in [0.717, 1.165) is 37.2 Å². The molecule has 0 radical (unpaired) electrons. The number of carbonyl (C=O) groups is 2. The summed E-state index contributed by atoms with van der Waals surface area (Å²) in [5, 5.41) is 11.2. The summed E-state index contributed by atoms with van der Waals surface area (Å²) in [6.07, 6.45) is 6.59. The Balaban J connectivity index is 1.29. The highest BCUT2D eigenvalue weighted by molar-refractivity contribution is 5.92. The molecule has 2 fully saturated rings. The molecule has 1 unspecified atom stereocenters. The van der Waals surface area contributed by atoms with Gasteiger partial charge in [0.2, 0.25) is 5.91 Å². The molecule has 2 aromatic rings. The van der Waals surface area contributed by atoms with Gasteiger partial charge < -0.3 is 10.2 Å². The molecule has 2 aliphatic rings. The number of hydrogen-bond donors (Lipinski definition) is 1. The van der Waals surface area contributed by atoms with Crippen molar-refractivity contribution in [3.8, 4) is 0 Å². The van der Waals surface area contributed by atoms with Crippen LogP contribution in [0.2, 0.25) is 0 Å². The molecule has 1 aromatic heterocycles. The highest BCUT2D eigenvalue weighted by Gasteiger charge is 2.30. The number of likely N-dealkylation sites (tertiary alicyclic amines) is 1. The second-order valence-electron chi connectivity index (χ2n) is 8.59. The molecule has 0 bridgehead atoms. The smallest absolute Gasteiger partial charge is 0.273 e. The summed E-state index contributed by atoms with van der Waals surface area (Å²) in [5.74, 6) is 0.954. The van der Waals surface area contributed by atoms with Crippen LogP contribution in [-0.2, 0) is 17.9 Å². The van der Waals surface area contributed by atoms with E-state index in [2.05, 4.69) is 22.6 Å². The molecule has 4 rings (SSSR count). The molecule has 1 aromatic carbocycles. The maximum atomic E-state index is 12.5. The minimum atomic E-state index is -0.149. The zero-order valence-electron chi connectivity index (χ0n) is 17.0. The van der Waals surface area contributed by atoms with Gasteiger partial charge in [0.05, 0.1) is 6.20 Å². The lowest BCUT2D eigenvalue weighted by atomic mass is 9.87. The first-order valence-corrected chi connectivity index (χ1v) is 10.6. The largest absolute Gasteiger partial charge is 0.348 e. The second kappa shape index (κ2) is 8.76. The topological polar surface area (TPSA) is 80.1 Å². The number of benzene rings is 1. The van der Waals surface area contributed by atoms with Gasteiger partial charge in [0.25, 0.3) is 5.91 Å². The number of carbonyl (C=O) groups excluding carboxylic acids is 2. The van der Waals surface area contributed by atoms with E-state index in [-0.39, 0.29) is 23.8 Å². The normalized spacial score (nSPS) is 24.7. The van der Waals surface area contributed by atoms with E-state index in [1.165, 1.54) is 0 Å². The number of amides is 2. The molecule has 1 aliphatic carbocycles. The first kappa shape index (κ1) is 19.6. The maximum Gasteiger partial charge on any atom is 0.273 e. The second-order valence-corrected chi connectivity index (χ2v) is 8.59. The third-order valence-electron chi connectivity index (χ3n) is 6.08. The lowest BCUT2D eigenvalue weighted by molar-refractivity contribution is -0.128. The first-order valence-electron chi connectivity index (χ1n) is 10.6. The Labute approximate surface area is 171 Å². The van der Waals surface area contributed by atoms with Crippen LogP contribution in [0.4, 0.5) is 0 Å². The van der Waals surface area contributed by atoms with Gasteiger partial charge in [0.1, 0.15) is 0 Å². The average Bonchev–Trinajstić information content (AvgIpc) is 3.31. The van der Waals surface area contributed by atoms with Gasteiger partial charge in [-0.05, 0) is 37.2 Å². The summed E-state index contributed by atoms with van der Waals surface area (Å²) >= 11 is 0. The lowest BCUT2D eigenvalue weighted by Crippen LogP contribution is -2.37. The lowest BCUT2D eigenvalue weighted by Gasteiger charge is -2.26. The molecule has 2 amide bonds. The molecular weight excluding hydrogens is 366 g/mol. The summed E-state index contributed by atoms with van der Waals surface area (Å²) in [4.78, 5) is 26.7. The van der Waals surface area contributed by atoms with Crippen LogP contribution < -0.4 is 5.32 Å². The van der Waals surface area contributed by atoms with Crippen LogP contribution >= 0.6 is 0 Å². The Morgan fingerprint density at radius 2 is 1.93 bits per heavy atom. The molecule has 1 saturated heterocycles. The quantitative estimate of drug-likeness (QED) is 0.815. The van der Waals surface area contributed by atoms with Gasteiger partial charge in [0, 0.05) is 38.0 Å². The molecule has 7 nitrogen and oxygen atoms in total. The van der Waals surface area contributed by atoms with Crippen molar-refractivity contribution in [1.82, 2.24) is 25.2 Å². The Bertz CT molecular complexity index is 842. The molecule has 154 valence electrons. The Hall–Kier alpha value is -2.70. The number of hydrogen-bond acceptors (Lipinski definition) is 4. The van der Waals surface area contributed by atoms with Gasteiger partial charge in [0.15, 0.2) is 5.69 Å². The molecule has 0 spiro atoms. The van der Waals surface area contributed by atoms with E-state index in [1.807, 2.05) is 35.2 Å². The minimum absolute atomic E-state index is 0.149. The summed E-state index contributed by atoms with van der Waals surface area (Å²) < 4.78 is 1.70. The molecular formula is C22H29N5O2. The average molecular weight is 396 g/mol. The van der Waals surface area contributed by atoms with E-state index in [9.17, 15) is 9.59 Å². The molecule has 29 heavy (non-hydrogen) atoms. The van der Waals surface area contributed by atoms with Gasteiger partial charge in [-0.2, -0.15) is 0 Å². The molecule has 1 aliphatic heterocycles. The zero-order chi connectivity index (χ0) is 20.2. The number of aromatic nitrogens is 3. The Morgan fingerprint density at radius 1 is 1.17 bits per heavy atom. The van der Waals surface area contributed by atoms with Crippen LogP contribution in [0.3, 0.4) is 0 Å². The predicted molar refractivity (Wildman–Crippen MR) is 109 cm³/mol. The van der Waals surface area contributed by atoms with Crippen molar-refractivity contribution in [3.63, 3.8) is 0 Å². The zero-order valence-corrected chi connectivity index (χ0v) is 17.0. The summed E-state index contributed by atoms with van der Waals surface area (Å²) in [7, 11) is 0. The Kier molecular flexibility index (Phi) is 5.92. The van der Waals surface area contributed by atoms with E-state index < -0.39 is 0 Å². The summed E-state index contributed by atoms with van der Waals surface area (Å²) in [6.45, 7) is 4.20. The van der Waals surface area contributed by atoms with Gasteiger partial charge in [-0.1, -0.05) is 42.5 Å². The third-order valence-corrected chi connectivity index (χ3v) is 6.08. The number of nitrogens with zero attached hydrogens (tertiary/aromatic N) is 4. The van der Waals surface area contributed by atoms with Crippen LogP contribution in [0.15, 0.2) is 36.5 Å². The fourth-order valence-electron chi connectivity index (χ4n) is 4.35. The molecule has 1 saturated carbocycles. The SMILES string of the molecule is CC1CCC(NC(=O)c2cn(CC3CC(=O)N(Cc4ccccc4)C3)nn2)CC1. The fraction of sp³-hybridized carbons (Fsp3) is 0.545. The molecule has 1 N–H and O–H groups in total. The van der Waals surface area contributed by atoms with Crippen molar-refractivity contribution >= 4 is 11.8 Å². The van der Waals surface area contributed by atoms with Crippen LogP contribution in [-0.4, -0.2) is 44.3 Å². The van der Waals surface area contributed by atoms with Crippen LogP contribution in [0.25, 0.3) is 0 Å². The van der Waals surface area contributed by atoms with E-state index in [0.29, 0.717) is 31.7 Å². The van der Waals surface area contributed by atoms with Crippen molar-refractivity contribution in [2.75, 3.05) is 6.54 Å². The van der Waals surface area contributed by atoms with Crippen molar-refractivity contribution in [3.05, 3.63) is 47.8 Å². The highest BCUT2D eigenvalue weighted by atomic mass is 16.2. The van der Waals surface area contributed by atoms with Crippen LogP contribution in [0, 0.1) is 11.8 Å². The molecule has 1 atom stereocenters. The minimum Gasteiger partial charge on any atom is -0.348 e. The predicted octanol–water partition coefficient (Wildman–Crippen LogP) is 2.64. The maximum absolute atomic E-state index is 12.5. The van der Waals surface area contributed by atoms with E-state index in [1.54, 1.807) is 10.9 Å². The monoisotopic (exact) mass is 395 g/mol. The third kappa shape index (κ3) is 5.02. The first-order chi connectivity index (χ1) is 14.1. The van der Waals surface area contributed by atoms with Crippen LogP contribution in [0.5, 0.6) is 0 Å². The summed E-state index contributed by atoms with van der Waals surface area (Å²) in [5.41, 5.74) is 1.49.